The van der Waals surface area contributed by atoms with Crippen molar-refractivity contribution in [3.8, 4) is 6.07 Å². The predicted molar refractivity (Wildman–Crippen MR) is 127 cm³/mol. The van der Waals surface area contributed by atoms with E-state index >= 15 is 0 Å². The number of rotatable bonds is 6. The van der Waals surface area contributed by atoms with Gasteiger partial charge in [0.05, 0.1) is 28.6 Å². The largest absolute Gasteiger partial charge is 0.462 e. The summed E-state index contributed by atoms with van der Waals surface area (Å²) in [6.07, 6.45) is 1.46. The second kappa shape index (κ2) is 9.45. The Kier molecular flexibility index (Phi) is 6.43. The van der Waals surface area contributed by atoms with Gasteiger partial charge in [0.15, 0.2) is 0 Å². The number of carbonyl (C=O) groups is 2. The summed E-state index contributed by atoms with van der Waals surface area (Å²) in [7, 11) is 0. The van der Waals surface area contributed by atoms with Crippen LogP contribution in [0.3, 0.4) is 0 Å². The quantitative estimate of drug-likeness (QED) is 0.303. The number of amides is 1. The lowest BCUT2D eigenvalue weighted by Crippen LogP contribution is -2.31. The van der Waals surface area contributed by atoms with E-state index in [4.69, 9.17) is 4.74 Å². The van der Waals surface area contributed by atoms with E-state index < -0.39 is 22.2 Å². The lowest BCUT2D eigenvalue weighted by Gasteiger charge is -2.31. The van der Waals surface area contributed by atoms with Crippen LogP contribution in [0.1, 0.15) is 50.1 Å². The van der Waals surface area contributed by atoms with Crippen molar-refractivity contribution in [1.82, 2.24) is 0 Å². The molecule has 8 nitrogen and oxygen atoms in total. The summed E-state index contributed by atoms with van der Waals surface area (Å²) in [6, 6.07) is 17.3. The summed E-state index contributed by atoms with van der Waals surface area (Å²) in [6.45, 7) is 1.90. The Bertz CT molecular complexity index is 1290. The average molecular weight is 476 g/mol. The molecule has 0 unspecified atom stereocenters. The highest BCUT2D eigenvalue weighted by Gasteiger charge is 2.40. The van der Waals surface area contributed by atoms with Crippen molar-refractivity contribution in [3.05, 3.63) is 91.8 Å². The zero-order chi connectivity index (χ0) is 24.3. The standard InChI is InChI=1S/C25H21N3O5S/c1-2-33-24(30)21-19-12-13-25(15-26,17-6-4-3-5-7-17)14-20(19)34-23(21)27-22(29)16-8-10-18(11-9-16)28(31)32/h3-11H,2,12-14H2,1H3,(H,27,29)/t25-/m1/s1. The van der Waals surface area contributed by atoms with Crippen molar-refractivity contribution < 1.29 is 19.2 Å². The third-order valence-corrected chi connectivity index (χ3v) is 7.09. The molecule has 0 bridgehead atoms. The normalized spacial score (nSPS) is 16.7. The third kappa shape index (κ3) is 4.28. The van der Waals surface area contributed by atoms with Crippen LogP contribution in [0.5, 0.6) is 0 Å². The Balaban J connectivity index is 1.69. The second-order valence-electron chi connectivity index (χ2n) is 7.92. The summed E-state index contributed by atoms with van der Waals surface area (Å²) in [5, 5.41) is 24.1. The van der Waals surface area contributed by atoms with E-state index in [0.29, 0.717) is 29.8 Å². The Hall–Kier alpha value is -4.03. The van der Waals surface area contributed by atoms with Gasteiger partial charge in [-0.1, -0.05) is 30.3 Å². The Morgan fingerprint density at radius 1 is 1.21 bits per heavy atom. The number of nitrogens with one attached hydrogen (secondary N) is 1. The molecule has 0 fully saturated rings. The van der Waals surface area contributed by atoms with Crippen LogP contribution < -0.4 is 5.32 Å². The van der Waals surface area contributed by atoms with Crippen LogP contribution in [0.2, 0.25) is 0 Å². The number of nitriles is 1. The first kappa shape index (κ1) is 23.1. The molecule has 4 rings (SSSR count). The number of fused-ring (bicyclic) bond motifs is 1. The van der Waals surface area contributed by atoms with Crippen LogP contribution in [0.15, 0.2) is 54.6 Å². The molecular formula is C25H21N3O5S. The minimum Gasteiger partial charge on any atom is -0.462 e. The smallest absolute Gasteiger partial charge is 0.341 e. The molecule has 0 aliphatic heterocycles. The van der Waals surface area contributed by atoms with Crippen molar-refractivity contribution >= 4 is 33.9 Å². The molecule has 34 heavy (non-hydrogen) atoms. The topological polar surface area (TPSA) is 122 Å². The lowest BCUT2D eigenvalue weighted by molar-refractivity contribution is -0.384. The van der Waals surface area contributed by atoms with Gasteiger partial charge in [-0.25, -0.2) is 4.79 Å². The summed E-state index contributed by atoms with van der Waals surface area (Å²) < 4.78 is 5.26. The first-order valence-corrected chi connectivity index (χ1v) is 11.5. The Morgan fingerprint density at radius 2 is 1.91 bits per heavy atom. The molecule has 1 heterocycles. The molecule has 1 atom stereocenters. The van der Waals surface area contributed by atoms with Gasteiger partial charge in [0.1, 0.15) is 5.00 Å². The lowest BCUT2D eigenvalue weighted by atomic mass is 9.70. The fraction of sp³-hybridized carbons (Fsp3) is 0.240. The molecule has 0 saturated heterocycles. The molecule has 3 aromatic rings. The maximum Gasteiger partial charge on any atom is 0.341 e. The van der Waals surface area contributed by atoms with Gasteiger partial charge in [-0.05, 0) is 43.0 Å². The minimum atomic E-state index is -0.718. The molecule has 1 aliphatic rings. The number of non-ortho nitro benzene ring substituents is 1. The highest BCUT2D eigenvalue weighted by Crippen LogP contribution is 2.45. The number of carbonyl (C=O) groups excluding carboxylic acids is 2. The number of nitro benzene ring substituents is 1. The van der Waals surface area contributed by atoms with E-state index in [9.17, 15) is 25.0 Å². The first-order chi connectivity index (χ1) is 16.4. The average Bonchev–Trinajstić information content (AvgIpc) is 3.21. The van der Waals surface area contributed by atoms with Crippen molar-refractivity contribution in [2.24, 2.45) is 0 Å². The number of benzene rings is 2. The number of ether oxygens (including phenoxy) is 1. The molecule has 0 radical (unpaired) electrons. The van der Waals surface area contributed by atoms with E-state index in [1.807, 2.05) is 30.3 Å². The van der Waals surface area contributed by atoms with E-state index in [1.54, 1.807) is 6.92 Å². The van der Waals surface area contributed by atoms with Crippen molar-refractivity contribution in [2.45, 2.75) is 31.6 Å². The van der Waals surface area contributed by atoms with Gasteiger partial charge in [0, 0.05) is 29.0 Å². The summed E-state index contributed by atoms with van der Waals surface area (Å²) in [5.74, 6) is -1.02. The van der Waals surface area contributed by atoms with Gasteiger partial charge >= 0.3 is 5.97 Å². The molecule has 2 aromatic carbocycles. The molecule has 1 N–H and O–H groups in total. The predicted octanol–water partition coefficient (Wildman–Crippen LogP) is 5.04. The third-order valence-electron chi connectivity index (χ3n) is 5.94. The Labute approximate surface area is 199 Å². The molecular weight excluding hydrogens is 454 g/mol. The molecule has 0 spiro atoms. The van der Waals surface area contributed by atoms with Crippen LogP contribution in [-0.2, 0) is 23.0 Å². The number of hydrogen-bond donors (Lipinski definition) is 1. The summed E-state index contributed by atoms with van der Waals surface area (Å²) >= 11 is 1.27. The van der Waals surface area contributed by atoms with Crippen LogP contribution in [0.25, 0.3) is 0 Å². The highest BCUT2D eigenvalue weighted by molar-refractivity contribution is 7.17. The van der Waals surface area contributed by atoms with E-state index in [2.05, 4.69) is 11.4 Å². The van der Waals surface area contributed by atoms with Gasteiger partial charge in [0.25, 0.3) is 11.6 Å². The number of esters is 1. The van der Waals surface area contributed by atoms with Crippen molar-refractivity contribution in [1.29, 1.82) is 5.26 Å². The molecule has 172 valence electrons. The monoisotopic (exact) mass is 475 g/mol. The van der Waals surface area contributed by atoms with Crippen LogP contribution in [0.4, 0.5) is 10.7 Å². The number of anilines is 1. The molecule has 1 amide bonds. The molecule has 1 aliphatic carbocycles. The molecule has 1 aromatic heterocycles. The van der Waals surface area contributed by atoms with Crippen LogP contribution in [-0.4, -0.2) is 23.4 Å². The zero-order valence-electron chi connectivity index (χ0n) is 18.4. The van der Waals surface area contributed by atoms with E-state index in [1.165, 1.54) is 35.6 Å². The minimum absolute atomic E-state index is 0.121. The van der Waals surface area contributed by atoms with Gasteiger partial charge in [-0.15, -0.1) is 11.3 Å². The summed E-state index contributed by atoms with van der Waals surface area (Å²) in [4.78, 5) is 36.9. The zero-order valence-corrected chi connectivity index (χ0v) is 19.2. The summed E-state index contributed by atoms with van der Waals surface area (Å²) in [5.41, 5.74) is 1.42. The SMILES string of the molecule is CCOC(=O)c1c(NC(=O)c2ccc([N+](=O)[O-])cc2)sc2c1CC[C@@](C#N)(c1ccccc1)C2. The van der Waals surface area contributed by atoms with E-state index in [-0.39, 0.29) is 17.9 Å². The highest BCUT2D eigenvalue weighted by atomic mass is 32.1. The van der Waals surface area contributed by atoms with E-state index in [0.717, 1.165) is 16.0 Å². The number of thiophene rings is 1. The number of nitrogens with zero attached hydrogens (tertiary/aromatic N) is 2. The van der Waals surface area contributed by atoms with Gasteiger partial charge in [-0.2, -0.15) is 5.26 Å². The first-order valence-electron chi connectivity index (χ1n) is 10.7. The Morgan fingerprint density at radius 3 is 2.53 bits per heavy atom. The molecule has 0 saturated carbocycles. The fourth-order valence-corrected chi connectivity index (χ4v) is 5.55. The second-order valence-corrected chi connectivity index (χ2v) is 9.03. The van der Waals surface area contributed by atoms with Crippen LogP contribution in [0, 0.1) is 21.4 Å². The maximum absolute atomic E-state index is 12.9. The van der Waals surface area contributed by atoms with Gasteiger partial charge in [-0.3, -0.25) is 14.9 Å². The maximum atomic E-state index is 12.9. The number of nitro groups is 1. The van der Waals surface area contributed by atoms with Crippen molar-refractivity contribution in [2.75, 3.05) is 11.9 Å². The molecule has 9 heteroatoms. The van der Waals surface area contributed by atoms with Gasteiger partial charge < -0.3 is 10.1 Å². The fourth-order valence-electron chi connectivity index (χ4n) is 4.20. The van der Waals surface area contributed by atoms with Gasteiger partial charge in [0.2, 0.25) is 0 Å². The number of hydrogen-bond acceptors (Lipinski definition) is 7. The van der Waals surface area contributed by atoms with Crippen molar-refractivity contribution in [3.63, 3.8) is 0 Å². The van der Waals surface area contributed by atoms with Crippen LogP contribution >= 0.6 is 11.3 Å².